The van der Waals surface area contributed by atoms with E-state index in [2.05, 4.69) is 116 Å². The number of quaternary nitrogens is 1. The Balaban J connectivity index is 4.30. The van der Waals surface area contributed by atoms with E-state index in [1.807, 2.05) is 21.1 Å². The number of hydrogen-bond donors (Lipinski definition) is 2. The van der Waals surface area contributed by atoms with Gasteiger partial charge in [-0.15, -0.1) is 0 Å². The predicted octanol–water partition coefficient (Wildman–Crippen LogP) is 15.6. The van der Waals surface area contributed by atoms with E-state index in [0.717, 1.165) is 103 Å². The molecule has 8 nitrogen and oxygen atoms in total. The second kappa shape index (κ2) is 48.4. The first-order valence-electron chi connectivity index (χ1n) is 27.1. The van der Waals surface area contributed by atoms with Crippen molar-refractivity contribution in [3.8, 4) is 0 Å². The number of nitrogens with zero attached hydrogens (tertiary/aromatic N) is 1. The van der Waals surface area contributed by atoms with Crippen molar-refractivity contribution >= 4 is 13.7 Å². The number of carbonyl (C=O) groups excluding carboxylic acids is 1. The summed E-state index contributed by atoms with van der Waals surface area (Å²) in [7, 11) is 1.27. The molecule has 0 rings (SSSR count). The van der Waals surface area contributed by atoms with Crippen molar-refractivity contribution in [2.24, 2.45) is 0 Å². The standard InChI is InChI=1S/C58H103N2O6P/c1-6-8-10-12-14-16-18-20-22-24-25-26-27-28-29-30-31-32-33-34-35-36-38-40-42-44-46-48-50-52-58(62)59-56(55-66-67(63,64)65-54-53-60(3,4)5)57(61)51-49-47-45-43-41-39-37-23-21-19-17-15-13-11-9-7-2/h8,10,14,16,20,22,25-26,28-29,31-32,34-35,38,40,56-57,61H,6-7,9,11-13,15,17-19,21,23-24,27,30,33,36-37,39,41-55H2,1-5H3,(H-,59,62,63,64)/b10-8-,16-14-,22-20-,26-25-,29-28-,32-31-,35-34-,40-38-. The highest BCUT2D eigenvalue weighted by Crippen LogP contribution is 2.38. The minimum atomic E-state index is -4.58. The smallest absolute Gasteiger partial charge is 0.268 e. The predicted molar refractivity (Wildman–Crippen MR) is 288 cm³/mol. The molecule has 0 heterocycles. The fourth-order valence-corrected chi connectivity index (χ4v) is 8.07. The maximum atomic E-state index is 13.0. The number of phosphoric ester groups is 1. The molecule has 3 atom stereocenters. The van der Waals surface area contributed by atoms with Crippen LogP contribution in [0.15, 0.2) is 97.2 Å². The number of hydrogen-bond acceptors (Lipinski definition) is 6. The van der Waals surface area contributed by atoms with Crippen LogP contribution in [0.4, 0.5) is 0 Å². The zero-order valence-electron chi connectivity index (χ0n) is 43.8. The second-order valence-corrected chi connectivity index (χ2v) is 20.6. The Morgan fingerprint density at radius 3 is 1.33 bits per heavy atom. The van der Waals surface area contributed by atoms with Gasteiger partial charge in [0.2, 0.25) is 5.91 Å². The number of aliphatic hydroxyl groups is 1. The van der Waals surface area contributed by atoms with Crippen LogP contribution in [0.25, 0.3) is 0 Å². The maximum Gasteiger partial charge on any atom is 0.268 e. The van der Waals surface area contributed by atoms with Crippen LogP contribution in [0, 0.1) is 0 Å². The average molecular weight is 955 g/mol. The second-order valence-electron chi connectivity index (χ2n) is 19.2. The van der Waals surface area contributed by atoms with Gasteiger partial charge in [0.25, 0.3) is 7.82 Å². The monoisotopic (exact) mass is 955 g/mol. The van der Waals surface area contributed by atoms with E-state index in [9.17, 15) is 19.4 Å². The van der Waals surface area contributed by atoms with Crippen LogP contribution in [-0.2, 0) is 18.4 Å². The van der Waals surface area contributed by atoms with Crippen molar-refractivity contribution in [3.05, 3.63) is 97.2 Å². The first-order valence-corrected chi connectivity index (χ1v) is 28.5. The lowest BCUT2D eigenvalue weighted by Crippen LogP contribution is -2.46. The third-order valence-electron chi connectivity index (χ3n) is 11.6. The van der Waals surface area contributed by atoms with Crippen LogP contribution in [0.2, 0.25) is 0 Å². The maximum absolute atomic E-state index is 13.0. The van der Waals surface area contributed by atoms with Crippen LogP contribution < -0.4 is 10.2 Å². The number of carbonyl (C=O) groups is 1. The lowest BCUT2D eigenvalue weighted by atomic mass is 10.0. The molecule has 3 unspecified atom stereocenters. The van der Waals surface area contributed by atoms with Gasteiger partial charge in [-0.1, -0.05) is 227 Å². The van der Waals surface area contributed by atoms with Crippen molar-refractivity contribution in [2.45, 2.75) is 225 Å². The summed E-state index contributed by atoms with van der Waals surface area (Å²) in [6, 6.07) is -0.821. The summed E-state index contributed by atoms with van der Waals surface area (Å²) in [6.45, 7) is 4.58. The van der Waals surface area contributed by atoms with Gasteiger partial charge in [-0.2, -0.15) is 0 Å². The number of likely N-dealkylation sites (N-methyl/N-ethyl adjacent to an activating group) is 1. The van der Waals surface area contributed by atoms with E-state index in [1.165, 1.54) is 83.5 Å². The molecule has 67 heavy (non-hydrogen) atoms. The summed E-state index contributed by atoms with van der Waals surface area (Å²) in [5.74, 6) is -0.193. The molecule has 0 radical (unpaired) electrons. The summed E-state index contributed by atoms with van der Waals surface area (Å²) in [5, 5.41) is 14.0. The van der Waals surface area contributed by atoms with Gasteiger partial charge in [0.1, 0.15) is 13.2 Å². The van der Waals surface area contributed by atoms with Crippen LogP contribution in [0.5, 0.6) is 0 Å². The zero-order chi connectivity index (χ0) is 49.2. The van der Waals surface area contributed by atoms with Crippen LogP contribution in [0.3, 0.4) is 0 Å². The third-order valence-corrected chi connectivity index (χ3v) is 12.6. The molecule has 386 valence electrons. The molecule has 9 heteroatoms. The number of aliphatic hydroxyl groups excluding tert-OH is 1. The molecule has 2 N–H and O–H groups in total. The van der Waals surface area contributed by atoms with Gasteiger partial charge in [-0.3, -0.25) is 9.36 Å². The average Bonchev–Trinajstić information content (AvgIpc) is 3.29. The van der Waals surface area contributed by atoms with Crippen molar-refractivity contribution in [3.63, 3.8) is 0 Å². The van der Waals surface area contributed by atoms with E-state index in [4.69, 9.17) is 9.05 Å². The summed E-state index contributed by atoms with van der Waals surface area (Å²) in [4.78, 5) is 25.5. The molecule has 0 aliphatic heterocycles. The van der Waals surface area contributed by atoms with Crippen molar-refractivity contribution in [1.29, 1.82) is 0 Å². The topological polar surface area (TPSA) is 108 Å². The summed E-state index contributed by atoms with van der Waals surface area (Å²) >= 11 is 0. The normalized spacial score (nSPS) is 14.8. The highest BCUT2D eigenvalue weighted by atomic mass is 31.2. The quantitative estimate of drug-likeness (QED) is 0.0272. The Kier molecular flexibility index (Phi) is 46.6. The molecule has 0 fully saturated rings. The van der Waals surface area contributed by atoms with E-state index in [0.29, 0.717) is 23.9 Å². The highest BCUT2D eigenvalue weighted by molar-refractivity contribution is 7.45. The fourth-order valence-electron chi connectivity index (χ4n) is 7.35. The van der Waals surface area contributed by atoms with E-state index in [-0.39, 0.29) is 19.1 Å². The van der Waals surface area contributed by atoms with Gasteiger partial charge in [0.05, 0.1) is 39.9 Å². The number of allylic oxidation sites excluding steroid dienone is 16. The minimum absolute atomic E-state index is 0.00161. The molecule has 0 saturated carbocycles. The van der Waals surface area contributed by atoms with Gasteiger partial charge < -0.3 is 28.8 Å². The Hall–Kier alpha value is -2.58. The van der Waals surface area contributed by atoms with Crippen molar-refractivity contribution < 1.29 is 32.9 Å². The highest BCUT2D eigenvalue weighted by Gasteiger charge is 2.24. The summed E-state index contributed by atoms with van der Waals surface area (Å²) in [6.07, 6.45) is 68.5. The number of amides is 1. The number of nitrogens with one attached hydrogen (secondary N) is 1. The third kappa shape index (κ3) is 51.1. The molecule has 0 spiro atoms. The van der Waals surface area contributed by atoms with Gasteiger partial charge in [-0.25, -0.2) is 0 Å². The molecule has 0 saturated heterocycles. The van der Waals surface area contributed by atoms with Crippen LogP contribution in [-0.4, -0.2) is 68.5 Å². The van der Waals surface area contributed by atoms with E-state index < -0.39 is 20.0 Å². The Morgan fingerprint density at radius 1 is 0.537 bits per heavy atom. The minimum Gasteiger partial charge on any atom is -0.756 e. The molecule has 1 amide bonds. The van der Waals surface area contributed by atoms with Crippen molar-refractivity contribution in [2.75, 3.05) is 40.9 Å². The van der Waals surface area contributed by atoms with Crippen LogP contribution >= 0.6 is 7.82 Å². The summed E-state index contributed by atoms with van der Waals surface area (Å²) < 4.78 is 23.4. The van der Waals surface area contributed by atoms with Gasteiger partial charge in [0.15, 0.2) is 0 Å². The fraction of sp³-hybridized carbons (Fsp3) is 0.707. The van der Waals surface area contributed by atoms with Gasteiger partial charge >= 0.3 is 0 Å². The van der Waals surface area contributed by atoms with Gasteiger partial charge in [-0.05, 0) is 77.0 Å². The Labute approximate surface area is 413 Å². The molecular formula is C58H103N2O6P. The molecule has 0 aliphatic rings. The first-order chi connectivity index (χ1) is 32.5. The zero-order valence-corrected chi connectivity index (χ0v) is 44.7. The van der Waals surface area contributed by atoms with Gasteiger partial charge in [0, 0.05) is 6.42 Å². The SMILES string of the molecule is CC/C=C\C/C=C\C/C=C\C/C=C\C/C=C\C/C=C\C/C=C\C/C=C\CCCCCCC(=O)NC(COP(=O)([O-])OCC[N+](C)(C)C)C(O)CCCCCCCCCCCCCCCCCC. The molecule has 0 aliphatic carbocycles. The largest absolute Gasteiger partial charge is 0.756 e. The lowest BCUT2D eigenvalue weighted by Gasteiger charge is -2.30. The van der Waals surface area contributed by atoms with E-state index >= 15 is 0 Å². The number of unbranched alkanes of at least 4 members (excludes halogenated alkanes) is 19. The number of phosphoric acid groups is 1. The summed E-state index contributed by atoms with van der Waals surface area (Å²) in [5.41, 5.74) is 0. The Bertz CT molecular complexity index is 1410. The molecular weight excluding hydrogens is 852 g/mol. The van der Waals surface area contributed by atoms with E-state index in [1.54, 1.807) is 0 Å². The lowest BCUT2D eigenvalue weighted by molar-refractivity contribution is -0.870. The molecule has 0 aromatic rings. The Morgan fingerprint density at radius 2 is 0.910 bits per heavy atom. The van der Waals surface area contributed by atoms with Crippen molar-refractivity contribution in [1.82, 2.24) is 5.32 Å². The molecule has 0 aromatic carbocycles. The molecule has 0 bridgehead atoms. The van der Waals surface area contributed by atoms with Crippen LogP contribution in [0.1, 0.15) is 213 Å². The number of rotatable bonds is 48. The first kappa shape index (κ1) is 64.4. The molecule has 0 aromatic heterocycles.